The maximum absolute atomic E-state index is 4.19. The number of benzene rings is 1. The summed E-state index contributed by atoms with van der Waals surface area (Å²) in [5.41, 5.74) is 4.93. The molecule has 2 nitrogen and oxygen atoms in total. The summed E-state index contributed by atoms with van der Waals surface area (Å²) >= 11 is 0. The molecule has 0 saturated carbocycles. The lowest BCUT2D eigenvalue weighted by molar-refractivity contribution is 1.15. The van der Waals surface area contributed by atoms with Gasteiger partial charge in [-0.3, -0.25) is 0 Å². The van der Waals surface area contributed by atoms with Gasteiger partial charge in [-0.25, -0.2) is 4.98 Å². The van der Waals surface area contributed by atoms with Crippen LogP contribution in [0.15, 0.2) is 24.4 Å². The molecule has 0 aliphatic heterocycles. The third-order valence-electron chi connectivity index (χ3n) is 2.52. The Labute approximate surface area is 84.0 Å². The van der Waals surface area contributed by atoms with Crippen molar-refractivity contribution in [3.8, 4) is 11.3 Å². The minimum atomic E-state index is 0.957. The summed E-state index contributed by atoms with van der Waals surface area (Å²) in [6.45, 7) is 6.21. The Balaban J connectivity index is 2.47. The molecule has 1 N–H and O–H groups in total. The summed E-state index contributed by atoms with van der Waals surface area (Å²) in [4.78, 5) is 7.42. The molecule has 0 aliphatic rings. The van der Waals surface area contributed by atoms with E-state index in [0.717, 1.165) is 11.5 Å². The van der Waals surface area contributed by atoms with Crippen LogP contribution in [0.1, 0.15) is 17.0 Å². The van der Waals surface area contributed by atoms with Crippen molar-refractivity contribution in [2.45, 2.75) is 20.8 Å². The highest BCUT2D eigenvalue weighted by Crippen LogP contribution is 2.19. The molecule has 0 fully saturated rings. The molecule has 0 atom stereocenters. The van der Waals surface area contributed by atoms with E-state index in [-0.39, 0.29) is 0 Å². The van der Waals surface area contributed by atoms with Crippen molar-refractivity contribution in [2.24, 2.45) is 0 Å². The van der Waals surface area contributed by atoms with Crippen LogP contribution in [0.5, 0.6) is 0 Å². The van der Waals surface area contributed by atoms with Crippen molar-refractivity contribution >= 4 is 0 Å². The fraction of sp³-hybridized carbons (Fsp3) is 0.250. The Hall–Kier alpha value is -1.57. The van der Waals surface area contributed by atoms with Crippen LogP contribution < -0.4 is 0 Å². The summed E-state index contributed by atoms with van der Waals surface area (Å²) in [7, 11) is 0. The number of nitrogens with one attached hydrogen (secondary N) is 1. The molecule has 0 radical (unpaired) electrons. The quantitative estimate of drug-likeness (QED) is 0.728. The molecule has 2 rings (SSSR count). The summed E-state index contributed by atoms with van der Waals surface area (Å²) < 4.78 is 0. The van der Waals surface area contributed by atoms with Crippen LogP contribution >= 0.6 is 0 Å². The van der Waals surface area contributed by atoms with Gasteiger partial charge in [0.05, 0.1) is 11.9 Å². The average molecular weight is 186 g/mol. The Bertz CT molecular complexity index is 455. The van der Waals surface area contributed by atoms with Gasteiger partial charge in [-0.2, -0.15) is 0 Å². The summed E-state index contributed by atoms with van der Waals surface area (Å²) in [6.07, 6.45) is 1.87. The Morgan fingerprint density at radius 1 is 1.07 bits per heavy atom. The van der Waals surface area contributed by atoms with E-state index in [2.05, 4.69) is 42.0 Å². The second kappa shape index (κ2) is 3.29. The van der Waals surface area contributed by atoms with E-state index in [0.29, 0.717) is 0 Å². The van der Waals surface area contributed by atoms with Crippen LogP contribution in [0.4, 0.5) is 0 Å². The van der Waals surface area contributed by atoms with Gasteiger partial charge in [-0.15, -0.1) is 0 Å². The highest BCUT2D eigenvalue weighted by molar-refractivity contribution is 5.60. The molecule has 1 aromatic carbocycles. The molecule has 0 spiro atoms. The summed E-state index contributed by atoms with van der Waals surface area (Å²) in [5.74, 6) is 0.957. The number of rotatable bonds is 1. The zero-order valence-electron chi connectivity index (χ0n) is 8.76. The number of nitrogens with zero attached hydrogens (tertiary/aromatic N) is 1. The lowest BCUT2D eigenvalue weighted by Gasteiger charge is -2.02. The maximum atomic E-state index is 4.19. The van der Waals surface area contributed by atoms with Gasteiger partial charge in [0.25, 0.3) is 0 Å². The van der Waals surface area contributed by atoms with Gasteiger partial charge in [-0.05, 0) is 43.5 Å². The van der Waals surface area contributed by atoms with Crippen molar-refractivity contribution in [3.05, 3.63) is 41.3 Å². The number of aromatic nitrogens is 2. The van der Waals surface area contributed by atoms with Crippen molar-refractivity contribution in [3.63, 3.8) is 0 Å². The molecule has 0 saturated heterocycles. The van der Waals surface area contributed by atoms with Crippen molar-refractivity contribution < 1.29 is 0 Å². The van der Waals surface area contributed by atoms with Crippen molar-refractivity contribution in [2.75, 3.05) is 0 Å². The smallest absolute Gasteiger partial charge is 0.103 e. The maximum Gasteiger partial charge on any atom is 0.103 e. The number of H-pyrrole nitrogens is 1. The topological polar surface area (TPSA) is 28.7 Å². The largest absolute Gasteiger partial charge is 0.342 e. The van der Waals surface area contributed by atoms with Gasteiger partial charge in [0.15, 0.2) is 0 Å². The van der Waals surface area contributed by atoms with Gasteiger partial charge in [0, 0.05) is 0 Å². The van der Waals surface area contributed by atoms with Crippen LogP contribution in [0.3, 0.4) is 0 Å². The molecule has 0 amide bonds. The SMILES string of the molecule is Cc1ncc(-c2ccc(C)c(C)c2)[nH]1. The second-order valence-corrected chi connectivity index (χ2v) is 3.68. The third kappa shape index (κ3) is 1.55. The number of aryl methyl sites for hydroxylation is 3. The van der Waals surface area contributed by atoms with Crippen LogP contribution in [0.2, 0.25) is 0 Å². The van der Waals surface area contributed by atoms with Gasteiger partial charge in [0.1, 0.15) is 5.82 Å². The number of aromatic amines is 1. The molecule has 2 aromatic rings. The first-order chi connectivity index (χ1) is 6.66. The first kappa shape index (κ1) is 9.00. The van der Waals surface area contributed by atoms with E-state index in [1.165, 1.54) is 16.7 Å². The second-order valence-electron chi connectivity index (χ2n) is 3.68. The minimum Gasteiger partial charge on any atom is -0.342 e. The van der Waals surface area contributed by atoms with Gasteiger partial charge >= 0.3 is 0 Å². The zero-order chi connectivity index (χ0) is 10.1. The highest BCUT2D eigenvalue weighted by atomic mass is 14.9. The Morgan fingerprint density at radius 2 is 1.86 bits per heavy atom. The molecule has 2 heteroatoms. The number of hydrogen-bond acceptors (Lipinski definition) is 1. The first-order valence-corrected chi connectivity index (χ1v) is 4.76. The van der Waals surface area contributed by atoms with Crippen LogP contribution in [-0.4, -0.2) is 9.97 Å². The molecular formula is C12H14N2. The first-order valence-electron chi connectivity index (χ1n) is 4.76. The predicted octanol–water partition coefficient (Wildman–Crippen LogP) is 3.00. The summed E-state index contributed by atoms with van der Waals surface area (Å²) in [6, 6.07) is 6.44. The van der Waals surface area contributed by atoms with Gasteiger partial charge in [0.2, 0.25) is 0 Å². The van der Waals surface area contributed by atoms with Gasteiger partial charge < -0.3 is 4.98 Å². The number of hydrogen-bond donors (Lipinski definition) is 1. The van der Waals surface area contributed by atoms with E-state index >= 15 is 0 Å². The Kier molecular flexibility index (Phi) is 2.12. The molecule has 1 heterocycles. The van der Waals surface area contributed by atoms with Gasteiger partial charge in [-0.1, -0.05) is 12.1 Å². The summed E-state index contributed by atoms with van der Waals surface area (Å²) in [5, 5.41) is 0. The molecular weight excluding hydrogens is 172 g/mol. The van der Waals surface area contributed by atoms with E-state index < -0.39 is 0 Å². The molecule has 72 valence electrons. The molecule has 0 unspecified atom stereocenters. The predicted molar refractivity (Wildman–Crippen MR) is 58.2 cm³/mol. The minimum absolute atomic E-state index is 0.957. The van der Waals surface area contributed by atoms with E-state index in [1.807, 2.05) is 13.1 Å². The van der Waals surface area contributed by atoms with Crippen LogP contribution in [0.25, 0.3) is 11.3 Å². The number of imidazole rings is 1. The monoisotopic (exact) mass is 186 g/mol. The molecule has 0 bridgehead atoms. The molecule has 1 aromatic heterocycles. The van der Waals surface area contributed by atoms with Crippen molar-refractivity contribution in [1.29, 1.82) is 0 Å². The fourth-order valence-electron chi connectivity index (χ4n) is 1.48. The lowest BCUT2D eigenvalue weighted by atomic mass is 10.1. The Morgan fingerprint density at radius 3 is 2.43 bits per heavy atom. The molecule has 0 aliphatic carbocycles. The van der Waals surface area contributed by atoms with E-state index in [1.54, 1.807) is 0 Å². The lowest BCUT2D eigenvalue weighted by Crippen LogP contribution is -1.83. The highest BCUT2D eigenvalue weighted by Gasteiger charge is 2.01. The zero-order valence-corrected chi connectivity index (χ0v) is 8.76. The fourth-order valence-corrected chi connectivity index (χ4v) is 1.48. The van der Waals surface area contributed by atoms with Crippen molar-refractivity contribution in [1.82, 2.24) is 9.97 Å². The standard InChI is InChI=1S/C12H14N2/c1-8-4-5-11(6-9(8)2)12-7-13-10(3)14-12/h4-7H,1-3H3,(H,13,14). The van der Waals surface area contributed by atoms with Crippen LogP contribution in [-0.2, 0) is 0 Å². The normalized spacial score (nSPS) is 10.5. The van der Waals surface area contributed by atoms with Crippen LogP contribution in [0, 0.1) is 20.8 Å². The van der Waals surface area contributed by atoms with E-state index in [9.17, 15) is 0 Å². The molecule has 14 heavy (non-hydrogen) atoms. The van der Waals surface area contributed by atoms with E-state index in [4.69, 9.17) is 0 Å². The average Bonchev–Trinajstić information content (AvgIpc) is 2.57. The third-order valence-corrected chi connectivity index (χ3v) is 2.52.